The second-order valence-corrected chi connectivity index (χ2v) is 6.78. The Morgan fingerprint density at radius 2 is 2.03 bits per heavy atom. The van der Waals surface area contributed by atoms with E-state index in [4.69, 9.17) is 4.74 Å². The van der Waals surface area contributed by atoms with Gasteiger partial charge in [-0.1, -0.05) is 18.2 Å². The zero-order chi connectivity index (χ0) is 21.4. The molecular formula is C21H18FN5O3. The summed E-state index contributed by atoms with van der Waals surface area (Å²) in [7, 11) is 3.31. The summed E-state index contributed by atoms with van der Waals surface area (Å²) in [6.45, 7) is 1.91. The van der Waals surface area contributed by atoms with E-state index in [1.807, 2.05) is 49.0 Å². The molecule has 2 aromatic carbocycles. The lowest BCUT2D eigenvalue weighted by molar-refractivity contribution is -0.387. The van der Waals surface area contributed by atoms with Gasteiger partial charge in [-0.15, -0.1) is 0 Å². The number of fused-ring (bicyclic) bond motifs is 1. The Morgan fingerprint density at radius 3 is 2.77 bits per heavy atom. The van der Waals surface area contributed by atoms with E-state index in [0.29, 0.717) is 0 Å². The molecule has 0 amide bonds. The molecule has 2 heterocycles. The molecule has 4 aromatic rings. The number of ether oxygens (including phenoxy) is 1. The van der Waals surface area contributed by atoms with Crippen molar-refractivity contribution in [2.24, 2.45) is 7.05 Å². The topological polar surface area (TPSA) is 95.1 Å². The first-order chi connectivity index (χ1) is 14.4. The molecular weight excluding hydrogens is 389 g/mol. The SMILES string of the molecule is COc1cc(F)c([N+](=O)[O-])cc1Nc1ncc(C)c(-c2cn(C)c3ccccc23)n1. The van der Waals surface area contributed by atoms with E-state index in [0.717, 1.165) is 39.9 Å². The average molecular weight is 407 g/mol. The van der Waals surface area contributed by atoms with Gasteiger partial charge in [-0.25, -0.2) is 9.97 Å². The largest absolute Gasteiger partial charge is 0.494 e. The van der Waals surface area contributed by atoms with Crippen LogP contribution in [0.4, 0.5) is 21.7 Å². The van der Waals surface area contributed by atoms with Crippen LogP contribution in [0.5, 0.6) is 5.75 Å². The molecule has 0 aliphatic carbocycles. The monoisotopic (exact) mass is 407 g/mol. The Labute approximate surface area is 171 Å². The number of methoxy groups -OCH3 is 1. The molecule has 0 spiro atoms. The van der Waals surface area contributed by atoms with Crippen molar-refractivity contribution in [1.29, 1.82) is 0 Å². The molecule has 0 bridgehead atoms. The summed E-state index contributed by atoms with van der Waals surface area (Å²) in [6, 6.07) is 10.0. The number of para-hydroxylation sites is 1. The van der Waals surface area contributed by atoms with Crippen LogP contribution in [0, 0.1) is 22.9 Å². The molecule has 0 atom stereocenters. The summed E-state index contributed by atoms with van der Waals surface area (Å²) in [6.07, 6.45) is 3.66. The Morgan fingerprint density at radius 1 is 1.27 bits per heavy atom. The van der Waals surface area contributed by atoms with Crippen LogP contribution in [0.3, 0.4) is 0 Å². The smallest absolute Gasteiger partial charge is 0.307 e. The van der Waals surface area contributed by atoms with Gasteiger partial charge < -0.3 is 14.6 Å². The molecule has 8 nitrogen and oxygen atoms in total. The number of nitrogens with zero attached hydrogens (tertiary/aromatic N) is 4. The van der Waals surface area contributed by atoms with Gasteiger partial charge in [0, 0.05) is 48.0 Å². The van der Waals surface area contributed by atoms with E-state index in [2.05, 4.69) is 15.3 Å². The maximum atomic E-state index is 13.9. The lowest BCUT2D eigenvalue weighted by Gasteiger charge is -2.12. The maximum Gasteiger partial charge on any atom is 0.307 e. The van der Waals surface area contributed by atoms with Crippen LogP contribution in [0.1, 0.15) is 5.56 Å². The Kier molecular flexibility index (Phi) is 4.78. The van der Waals surface area contributed by atoms with Gasteiger partial charge in [0.2, 0.25) is 11.8 Å². The third kappa shape index (κ3) is 3.30. The van der Waals surface area contributed by atoms with Gasteiger partial charge in [-0.05, 0) is 18.6 Å². The minimum absolute atomic E-state index is 0.106. The fraction of sp³-hybridized carbons (Fsp3) is 0.143. The van der Waals surface area contributed by atoms with E-state index < -0.39 is 16.4 Å². The van der Waals surface area contributed by atoms with Gasteiger partial charge in [0.1, 0.15) is 5.75 Å². The highest BCUT2D eigenvalue weighted by atomic mass is 19.1. The Bertz CT molecular complexity index is 1290. The number of nitro groups is 1. The number of aromatic nitrogens is 3. The van der Waals surface area contributed by atoms with Crippen LogP contribution in [-0.4, -0.2) is 26.6 Å². The molecule has 0 unspecified atom stereocenters. The quantitative estimate of drug-likeness (QED) is 0.379. The number of benzene rings is 2. The van der Waals surface area contributed by atoms with Crippen LogP contribution in [0.15, 0.2) is 48.8 Å². The highest BCUT2D eigenvalue weighted by Crippen LogP contribution is 2.35. The summed E-state index contributed by atoms with van der Waals surface area (Å²) >= 11 is 0. The summed E-state index contributed by atoms with van der Waals surface area (Å²) in [5.41, 5.74) is 3.12. The maximum absolute atomic E-state index is 13.9. The van der Waals surface area contributed by atoms with Crippen LogP contribution in [-0.2, 0) is 7.05 Å². The van der Waals surface area contributed by atoms with E-state index in [1.54, 1.807) is 6.20 Å². The zero-order valence-corrected chi connectivity index (χ0v) is 16.5. The van der Waals surface area contributed by atoms with Crippen molar-refractivity contribution in [2.45, 2.75) is 6.92 Å². The third-order valence-corrected chi connectivity index (χ3v) is 4.84. The summed E-state index contributed by atoms with van der Waals surface area (Å²) in [5, 5.41) is 15.1. The van der Waals surface area contributed by atoms with Crippen LogP contribution >= 0.6 is 0 Å². The van der Waals surface area contributed by atoms with E-state index in [9.17, 15) is 14.5 Å². The van der Waals surface area contributed by atoms with Crippen molar-refractivity contribution < 1.29 is 14.1 Å². The normalized spacial score (nSPS) is 10.9. The molecule has 0 radical (unpaired) electrons. The van der Waals surface area contributed by atoms with Crippen molar-refractivity contribution in [1.82, 2.24) is 14.5 Å². The minimum Gasteiger partial charge on any atom is -0.494 e. The molecule has 0 fully saturated rings. The molecule has 0 aliphatic heterocycles. The Hall–Kier alpha value is -4.01. The number of hydrogen-bond donors (Lipinski definition) is 1. The molecule has 1 N–H and O–H groups in total. The minimum atomic E-state index is -0.983. The molecule has 9 heteroatoms. The molecule has 0 saturated heterocycles. The van der Waals surface area contributed by atoms with Gasteiger partial charge in [-0.3, -0.25) is 10.1 Å². The molecule has 2 aromatic heterocycles. The predicted molar refractivity (Wildman–Crippen MR) is 112 cm³/mol. The average Bonchev–Trinajstić information content (AvgIpc) is 3.07. The number of halogens is 1. The first kappa shape index (κ1) is 19.3. The van der Waals surface area contributed by atoms with Crippen molar-refractivity contribution in [3.8, 4) is 17.0 Å². The van der Waals surface area contributed by atoms with Crippen LogP contribution < -0.4 is 10.1 Å². The third-order valence-electron chi connectivity index (χ3n) is 4.84. The zero-order valence-electron chi connectivity index (χ0n) is 16.5. The van der Waals surface area contributed by atoms with Crippen LogP contribution in [0.25, 0.3) is 22.2 Å². The highest BCUT2D eigenvalue weighted by molar-refractivity contribution is 5.95. The molecule has 152 valence electrons. The number of anilines is 2. The van der Waals surface area contributed by atoms with Gasteiger partial charge in [0.05, 0.1) is 23.4 Å². The van der Waals surface area contributed by atoms with Crippen molar-refractivity contribution in [2.75, 3.05) is 12.4 Å². The number of hydrogen-bond acceptors (Lipinski definition) is 6. The lowest BCUT2D eigenvalue weighted by Crippen LogP contribution is -2.03. The fourth-order valence-electron chi connectivity index (χ4n) is 3.38. The molecule has 0 aliphatic rings. The molecule has 4 rings (SSSR count). The number of nitro benzene ring substituents is 1. The second-order valence-electron chi connectivity index (χ2n) is 6.78. The van der Waals surface area contributed by atoms with Gasteiger partial charge in [-0.2, -0.15) is 4.39 Å². The molecule has 0 saturated carbocycles. The number of nitrogens with one attached hydrogen (secondary N) is 1. The van der Waals surface area contributed by atoms with Gasteiger partial charge in [0.15, 0.2) is 0 Å². The summed E-state index contributed by atoms with van der Waals surface area (Å²) < 4.78 is 21.1. The second kappa shape index (κ2) is 7.43. The van der Waals surface area contributed by atoms with Crippen molar-refractivity contribution in [3.63, 3.8) is 0 Å². The van der Waals surface area contributed by atoms with Crippen LogP contribution in [0.2, 0.25) is 0 Å². The number of rotatable bonds is 5. The van der Waals surface area contributed by atoms with Gasteiger partial charge >= 0.3 is 5.69 Å². The summed E-state index contributed by atoms with van der Waals surface area (Å²) in [5.74, 6) is -0.666. The highest BCUT2D eigenvalue weighted by Gasteiger charge is 2.20. The summed E-state index contributed by atoms with van der Waals surface area (Å²) in [4.78, 5) is 19.2. The van der Waals surface area contributed by atoms with E-state index >= 15 is 0 Å². The predicted octanol–water partition coefficient (Wildman–Crippen LogP) is 4.74. The number of aryl methyl sites for hydroxylation is 2. The Balaban J connectivity index is 1.80. The van der Waals surface area contributed by atoms with E-state index in [1.165, 1.54) is 7.11 Å². The van der Waals surface area contributed by atoms with Crippen molar-refractivity contribution >= 4 is 28.2 Å². The first-order valence-corrected chi connectivity index (χ1v) is 9.06. The lowest BCUT2D eigenvalue weighted by atomic mass is 10.1. The first-order valence-electron chi connectivity index (χ1n) is 9.06. The standard InChI is InChI=1S/C21H18FN5O3/c1-12-10-23-21(24-16-9-18(27(28)29)15(22)8-19(16)30-3)25-20(12)14-11-26(2)17-7-5-4-6-13(14)17/h4-11H,1-3H3,(H,23,24,25). The van der Waals surface area contributed by atoms with E-state index in [-0.39, 0.29) is 17.4 Å². The molecule has 30 heavy (non-hydrogen) atoms. The van der Waals surface area contributed by atoms with Crippen molar-refractivity contribution in [3.05, 3.63) is 70.3 Å². The van der Waals surface area contributed by atoms with Gasteiger partial charge in [0.25, 0.3) is 0 Å². The fourth-order valence-corrected chi connectivity index (χ4v) is 3.38.